The van der Waals surface area contributed by atoms with E-state index in [0.717, 1.165) is 5.56 Å². The van der Waals surface area contributed by atoms with Crippen LogP contribution in [0.25, 0.3) is 0 Å². The third kappa shape index (κ3) is 5.69. The Bertz CT molecular complexity index is 434. The van der Waals surface area contributed by atoms with Crippen LogP contribution in [0.5, 0.6) is 0 Å². The number of hydrogen-bond donors (Lipinski definition) is 3. The Balaban J connectivity index is 2.47. The van der Waals surface area contributed by atoms with Gasteiger partial charge in [0.1, 0.15) is 12.6 Å². The second-order valence-electron chi connectivity index (χ2n) is 3.74. The highest BCUT2D eigenvalue weighted by atomic mass is 16.6. The average molecular weight is 264 g/mol. The molecule has 3 N–H and O–H groups in total. The normalized spacial score (nSPS) is 11.4. The first-order chi connectivity index (χ1) is 9.13. The molecule has 0 aliphatic carbocycles. The summed E-state index contributed by atoms with van der Waals surface area (Å²) in [5, 5.41) is 9.05. The second kappa shape index (κ2) is 7.88. The molecule has 0 heterocycles. The van der Waals surface area contributed by atoms with Crippen molar-refractivity contribution in [3.63, 3.8) is 0 Å². The molecule has 0 unspecified atom stereocenters. The number of rotatable bonds is 7. The topological polar surface area (TPSA) is 87.7 Å². The first kappa shape index (κ1) is 14.7. The van der Waals surface area contributed by atoms with E-state index in [0.29, 0.717) is 0 Å². The minimum Gasteiger partial charge on any atom is -0.480 e. The van der Waals surface area contributed by atoms with Gasteiger partial charge < -0.3 is 9.84 Å². The van der Waals surface area contributed by atoms with Crippen LogP contribution in [0, 0.1) is 0 Å². The molecule has 1 aromatic rings. The van der Waals surface area contributed by atoms with Gasteiger partial charge in [-0.05, 0) is 5.56 Å². The number of carboxylic acids is 1. The smallest absolute Gasteiger partial charge is 0.421 e. The van der Waals surface area contributed by atoms with Gasteiger partial charge >= 0.3 is 12.1 Å². The van der Waals surface area contributed by atoms with Crippen LogP contribution < -0.4 is 10.9 Å². The maximum Gasteiger partial charge on any atom is 0.421 e. The summed E-state index contributed by atoms with van der Waals surface area (Å²) in [6.07, 6.45) is 0.912. The molecule has 0 saturated heterocycles. The van der Waals surface area contributed by atoms with Gasteiger partial charge in [0, 0.05) is 6.42 Å². The monoisotopic (exact) mass is 264 g/mol. The molecule has 6 heteroatoms. The Morgan fingerprint density at radius 3 is 2.63 bits per heavy atom. The van der Waals surface area contributed by atoms with Crippen molar-refractivity contribution in [2.24, 2.45) is 0 Å². The van der Waals surface area contributed by atoms with Crippen molar-refractivity contribution >= 4 is 12.1 Å². The predicted molar refractivity (Wildman–Crippen MR) is 69.4 cm³/mol. The fraction of sp³-hybridized carbons (Fsp3) is 0.231. The molecule has 19 heavy (non-hydrogen) atoms. The van der Waals surface area contributed by atoms with Crippen LogP contribution >= 0.6 is 0 Å². The quantitative estimate of drug-likeness (QED) is 0.507. The van der Waals surface area contributed by atoms with Crippen LogP contribution in [0.2, 0.25) is 0 Å². The van der Waals surface area contributed by atoms with Gasteiger partial charge in [-0.25, -0.2) is 10.2 Å². The van der Waals surface area contributed by atoms with Crippen molar-refractivity contribution in [2.45, 2.75) is 12.5 Å². The van der Waals surface area contributed by atoms with E-state index in [4.69, 9.17) is 5.11 Å². The number of carboxylic acid groups (broad SMARTS) is 1. The Hall–Kier alpha value is -2.34. The number of aliphatic carboxylic acids is 1. The highest BCUT2D eigenvalue weighted by Gasteiger charge is 2.18. The van der Waals surface area contributed by atoms with E-state index in [1.807, 2.05) is 30.3 Å². The minimum absolute atomic E-state index is 0.0595. The number of amides is 1. The summed E-state index contributed by atoms with van der Waals surface area (Å²) in [6, 6.07) is 8.18. The van der Waals surface area contributed by atoms with Crippen molar-refractivity contribution in [1.82, 2.24) is 10.9 Å². The number of benzene rings is 1. The lowest BCUT2D eigenvalue weighted by molar-refractivity contribution is -0.139. The summed E-state index contributed by atoms with van der Waals surface area (Å²) < 4.78 is 4.65. The fourth-order valence-corrected chi connectivity index (χ4v) is 1.37. The molecule has 0 aliphatic rings. The lowest BCUT2D eigenvalue weighted by atomic mass is 10.1. The van der Waals surface area contributed by atoms with Crippen LogP contribution in [0.4, 0.5) is 4.79 Å². The van der Waals surface area contributed by atoms with Gasteiger partial charge in [-0.2, -0.15) is 0 Å². The highest BCUT2D eigenvalue weighted by molar-refractivity contribution is 5.75. The van der Waals surface area contributed by atoms with E-state index < -0.39 is 18.1 Å². The summed E-state index contributed by atoms with van der Waals surface area (Å²) >= 11 is 0. The molecular formula is C13H16N2O4. The molecule has 0 aromatic heterocycles. The van der Waals surface area contributed by atoms with E-state index in [1.54, 1.807) is 0 Å². The molecule has 0 fully saturated rings. The third-order valence-corrected chi connectivity index (χ3v) is 2.26. The number of nitrogens with one attached hydrogen (secondary N) is 2. The first-order valence-corrected chi connectivity index (χ1v) is 5.69. The standard InChI is InChI=1S/C13H16N2O4/c1-2-8-19-13(18)15-14-11(12(16)17)9-10-6-4-3-5-7-10/h2-7,11,14H,1,8-9H2,(H,15,18)(H,16,17)/t11-/m0/s1. The molecular weight excluding hydrogens is 248 g/mol. The molecule has 0 aliphatic heterocycles. The van der Waals surface area contributed by atoms with E-state index in [-0.39, 0.29) is 13.0 Å². The van der Waals surface area contributed by atoms with Gasteiger partial charge in [-0.1, -0.05) is 43.0 Å². The molecule has 1 rings (SSSR count). The third-order valence-electron chi connectivity index (χ3n) is 2.26. The van der Waals surface area contributed by atoms with Crippen LogP contribution in [0.3, 0.4) is 0 Å². The van der Waals surface area contributed by atoms with Crippen molar-refractivity contribution in [3.05, 3.63) is 48.6 Å². The lowest BCUT2D eigenvalue weighted by Gasteiger charge is -2.15. The summed E-state index contributed by atoms with van der Waals surface area (Å²) in [5.41, 5.74) is 5.45. The predicted octanol–water partition coefficient (Wildman–Crippen LogP) is 1.10. The number of ether oxygens (including phenoxy) is 1. The SMILES string of the molecule is C=CCOC(=O)NN[C@@H](Cc1ccccc1)C(=O)O. The maximum absolute atomic E-state index is 11.1. The van der Waals surface area contributed by atoms with Gasteiger partial charge in [-0.3, -0.25) is 10.2 Å². The summed E-state index contributed by atoms with van der Waals surface area (Å²) in [4.78, 5) is 22.2. The molecule has 0 spiro atoms. The summed E-state index contributed by atoms with van der Waals surface area (Å²) in [7, 11) is 0. The fourth-order valence-electron chi connectivity index (χ4n) is 1.37. The molecule has 1 amide bonds. The number of hydrazine groups is 1. The average Bonchev–Trinajstić information content (AvgIpc) is 2.41. The van der Waals surface area contributed by atoms with Crippen LogP contribution in [-0.4, -0.2) is 29.8 Å². The van der Waals surface area contributed by atoms with Crippen LogP contribution in [-0.2, 0) is 16.0 Å². The lowest BCUT2D eigenvalue weighted by Crippen LogP contribution is -2.49. The van der Waals surface area contributed by atoms with Gasteiger partial charge in [-0.15, -0.1) is 0 Å². The van der Waals surface area contributed by atoms with Gasteiger partial charge in [0.15, 0.2) is 0 Å². The maximum atomic E-state index is 11.1. The van der Waals surface area contributed by atoms with E-state index in [1.165, 1.54) is 6.08 Å². The summed E-state index contributed by atoms with van der Waals surface area (Å²) in [5.74, 6) is -1.06. The molecule has 0 saturated carbocycles. The molecule has 0 radical (unpaired) electrons. The molecule has 1 atom stereocenters. The second-order valence-corrected chi connectivity index (χ2v) is 3.74. The van der Waals surface area contributed by atoms with Crippen molar-refractivity contribution in [3.8, 4) is 0 Å². The molecule has 1 aromatic carbocycles. The Morgan fingerprint density at radius 2 is 2.05 bits per heavy atom. The van der Waals surface area contributed by atoms with Gasteiger partial charge in [0.05, 0.1) is 0 Å². The number of carbonyl (C=O) groups excluding carboxylic acids is 1. The van der Waals surface area contributed by atoms with Crippen molar-refractivity contribution < 1.29 is 19.4 Å². The Morgan fingerprint density at radius 1 is 1.37 bits per heavy atom. The summed E-state index contributed by atoms with van der Waals surface area (Å²) in [6.45, 7) is 3.45. The van der Waals surface area contributed by atoms with Gasteiger partial charge in [0.2, 0.25) is 0 Å². The molecule has 102 valence electrons. The molecule has 0 bridgehead atoms. The largest absolute Gasteiger partial charge is 0.480 e. The van der Waals surface area contributed by atoms with E-state index in [2.05, 4.69) is 22.2 Å². The van der Waals surface area contributed by atoms with Crippen LogP contribution in [0.15, 0.2) is 43.0 Å². The molecule has 6 nitrogen and oxygen atoms in total. The zero-order chi connectivity index (χ0) is 14.1. The van der Waals surface area contributed by atoms with E-state index >= 15 is 0 Å². The zero-order valence-electron chi connectivity index (χ0n) is 10.3. The van der Waals surface area contributed by atoms with Gasteiger partial charge in [0.25, 0.3) is 0 Å². The van der Waals surface area contributed by atoms with Crippen molar-refractivity contribution in [2.75, 3.05) is 6.61 Å². The van der Waals surface area contributed by atoms with E-state index in [9.17, 15) is 9.59 Å². The Labute approximate surface area is 111 Å². The first-order valence-electron chi connectivity index (χ1n) is 5.69. The Kier molecular flexibility index (Phi) is 6.11. The highest BCUT2D eigenvalue weighted by Crippen LogP contribution is 2.02. The number of carbonyl (C=O) groups is 2. The zero-order valence-corrected chi connectivity index (χ0v) is 10.3. The number of hydrogen-bond acceptors (Lipinski definition) is 4. The van der Waals surface area contributed by atoms with Crippen LogP contribution in [0.1, 0.15) is 5.56 Å². The minimum atomic E-state index is -1.06. The van der Waals surface area contributed by atoms with Crippen molar-refractivity contribution in [1.29, 1.82) is 0 Å².